The quantitative estimate of drug-likeness (QED) is 0.813. The molecular weight excluding hydrogens is 230 g/mol. The number of benzene rings is 1. The summed E-state index contributed by atoms with van der Waals surface area (Å²) in [4.78, 5) is 23.2. The van der Waals surface area contributed by atoms with Gasteiger partial charge >= 0.3 is 5.97 Å². The molecule has 0 saturated carbocycles. The molecule has 18 heavy (non-hydrogen) atoms. The third-order valence-corrected chi connectivity index (χ3v) is 2.86. The molecule has 1 unspecified atom stereocenters. The van der Waals surface area contributed by atoms with Gasteiger partial charge in [-0.05, 0) is 25.0 Å². The van der Waals surface area contributed by atoms with Crippen molar-refractivity contribution >= 4 is 11.9 Å². The maximum absolute atomic E-state index is 12.0. The van der Waals surface area contributed by atoms with Gasteiger partial charge in [-0.1, -0.05) is 25.1 Å². The van der Waals surface area contributed by atoms with Gasteiger partial charge in [0.05, 0.1) is 13.5 Å². The van der Waals surface area contributed by atoms with E-state index in [0.717, 1.165) is 5.56 Å². The van der Waals surface area contributed by atoms with Gasteiger partial charge in [0.25, 0.3) is 5.91 Å². The van der Waals surface area contributed by atoms with Gasteiger partial charge in [-0.2, -0.15) is 0 Å². The number of ether oxygens (including phenoxy) is 1. The van der Waals surface area contributed by atoms with Crippen molar-refractivity contribution in [3.05, 3.63) is 35.4 Å². The summed E-state index contributed by atoms with van der Waals surface area (Å²) in [5.41, 5.74) is 1.56. The molecule has 0 radical (unpaired) electrons. The zero-order chi connectivity index (χ0) is 13.5. The highest BCUT2D eigenvalue weighted by atomic mass is 16.5. The van der Waals surface area contributed by atoms with Gasteiger partial charge in [-0.25, -0.2) is 0 Å². The molecule has 0 saturated heterocycles. The molecule has 1 atom stereocenters. The van der Waals surface area contributed by atoms with Crippen LogP contribution in [0.15, 0.2) is 24.3 Å². The zero-order valence-corrected chi connectivity index (χ0v) is 11.0. The highest BCUT2D eigenvalue weighted by Gasteiger charge is 2.16. The Bertz CT molecular complexity index is 429. The van der Waals surface area contributed by atoms with E-state index in [2.05, 4.69) is 10.1 Å². The second-order valence-corrected chi connectivity index (χ2v) is 4.17. The average Bonchev–Trinajstić information content (AvgIpc) is 2.38. The van der Waals surface area contributed by atoms with Crippen molar-refractivity contribution in [1.82, 2.24) is 5.32 Å². The molecule has 98 valence electrons. The molecule has 4 heteroatoms. The molecule has 0 heterocycles. The molecule has 0 aliphatic heterocycles. The Morgan fingerprint density at radius 1 is 1.33 bits per heavy atom. The number of hydrogen-bond donors (Lipinski definition) is 1. The topological polar surface area (TPSA) is 55.4 Å². The van der Waals surface area contributed by atoms with Crippen LogP contribution in [0.2, 0.25) is 0 Å². The fourth-order valence-electron chi connectivity index (χ4n) is 1.67. The molecule has 0 fully saturated rings. The zero-order valence-electron chi connectivity index (χ0n) is 11.0. The van der Waals surface area contributed by atoms with Crippen LogP contribution >= 0.6 is 0 Å². The SMILES string of the molecule is CCC(CC(=O)OC)NC(=O)c1ccccc1C. The summed E-state index contributed by atoms with van der Waals surface area (Å²) in [7, 11) is 1.35. The number of aryl methyl sites for hydroxylation is 1. The van der Waals surface area contributed by atoms with Gasteiger partial charge in [0.2, 0.25) is 0 Å². The van der Waals surface area contributed by atoms with E-state index in [-0.39, 0.29) is 24.3 Å². The van der Waals surface area contributed by atoms with E-state index >= 15 is 0 Å². The molecule has 1 rings (SSSR count). The van der Waals surface area contributed by atoms with Crippen molar-refractivity contribution < 1.29 is 14.3 Å². The minimum Gasteiger partial charge on any atom is -0.469 e. The first-order chi connectivity index (χ1) is 8.58. The highest BCUT2D eigenvalue weighted by molar-refractivity contribution is 5.96. The first-order valence-electron chi connectivity index (χ1n) is 6.01. The van der Waals surface area contributed by atoms with Crippen LogP contribution in [0.3, 0.4) is 0 Å². The van der Waals surface area contributed by atoms with Crippen LogP contribution < -0.4 is 5.32 Å². The monoisotopic (exact) mass is 249 g/mol. The first kappa shape index (κ1) is 14.2. The van der Waals surface area contributed by atoms with Crippen molar-refractivity contribution in [1.29, 1.82) is 0 Å². The molecule has 0 aliphatic rings. The Balaban J connectivity index is 2.68. The van der Waals surface area contributed by atoms with Crippen molar-refractivity contribution in [3.8, 4) is 0 Å². The summed E-state index contributed by atoms with van der Waals surface area (Å²) in [5.74, 6) is -0.462. The fourth-order valence-corrected chi connectivity index (χ4v) is 1.67. The lowest BCUT2D eigenvalue weighted by atomic mass is 10.1. The van der Waals surface area contributed by atoms with Crippen LogP contribution in [-0.4, -0.2) is 25.0 Å². The molecule has 4 nitrogen and oxygen atoms in total. The molecule has 0 aromatic heterocycles. The molecular formula is C14H19NO3. The molecule has 0 aliphatic carbocycles. The van der Waals surface area contributed by atoms with E-state index < -0.39 is 0 Å². The lowest BCUT2D eigenvalue weighted by Gasteiger charge is -2.16. The summed E-state index contributed by atoms with van der Waals surface area (Å²) < 4.78 is 4.60. The fraction of sp³-hybridized carbons (Fsp3) is 0.429. The van der Waals surface area contributed by atoms with Gasteiger partial charge in [0.1, 0.15) is 0 Å². The van der Waals surface area contributed by atoms with E-state index in [1.165, 1.54) is 7.11 Å². The Hall–Kier alpha value is -1.84. The normalized spacial score (nSPS) is 11.7. The third-order valence-electron chi connectivity index (χ3n) is 2.86. The molecule has 0 spiro atoms. The smallest absolute Gasteiger partial charge is 0.307 e. The van der Waals surface area contributed by atoms with E-state index in [4.69, 9.17) is 0 Å². The van der Waals surface area contributed by atoms with E-state index in [0.29, 0.717) is 12.0 Å². The molecule has 1 N–H and O–H groups in total. The van der Waals surface area contributed by atoms with Gasteiger partial charge < -0.3 is 10.1 Å². The lowest BCUT2D eigenvalue weighted by Crippen LogP contribution is -2.36. The number of hydrogen-bond acceptors (Lipinski definition) is 3. The van der Waals surface area contributed by atoms with Gasteiger partial charge in [-0.3, -0.25) is 9.59 Å². The summed E-state index contributed by atoms with van der Waals surface area (Å²) in [6, 6.07) is 7.18. The number of amides is 1. The number of carbonyl (C=O) groups excluding carboxylic acids is 2. The maximum Gasteiger partial charge on any atom is 0.307 e. The Kier molecular flexibility index (Phi) is 5.36. The van der Waals surface area contributed by atoms with Crippen molar-refractivity contribution in [2.24, 2.45) is 0 Å². The summed E-state index contributed by atoms with van der Waals surface area (Å²) in [6.45, 7) is 3.81. The highest BCUT2D eigenvalue weighted by Crippen LogP contribution is 2.08. The van der Waals surface area contributed by atoms with Crippen LogP contribution in [-0.2, 0) is 9.53 Å². The Morgan fingerprint density at radius 2 is 2.00 bits per heavy atom. The summed E-state index contributed by atoms with van der Waals surface area (Å²) in [5, 5.41) is 2.85. The first-order valence-corrected chi connectivity index (χ1v) is 6.01. The van der Waals surface area contributed by atoms with Gasteiger partial charge in [0, 0.05) is 11.6 Å². The standard InChI is InChI=1S/C14H19NO3/c1-4-11(9-13(16)18-3)15-14(17)12-8-6-5-7-10(12)2/h5-8,11H,4,9H2,1-3H3,(H,15,17). The molecule has 1 amide bonds. The number of nitrogens with one attached hydrogen (secondary N) is 1. The van der Waals surface area contributed by atoms with Crippen LogP contribution in [0.4, 0.5) is 0 Å². The second-order valence-electron chi connectivity index (χ2n) is 4.17. The van der Waals surface area contributed by atoms with Crippen LogP contribution in [0.25, 0.3) is 0 Å². The third kappa shape index (κ3) is 3.87. The van der Waals surface area contributed by atoms with Crippen LogP contribution in [0.5, 0.6) is 0 Å². The average molecular weight is 249 g/mol. The molecule has 1 aromatic carbocycles. The maximum atomic E-state index is 12.0. The van der Waals surface area contributed by atoms with E-state index in [1.54, 1.807) is 6.07 Å². The lowest BCUT2D eigenvalue weighted by molar-refractivity contribution is -0.141. The van der Waals surface area contributed by atoms with E-state index in [1.807, 2.05) is 32.0 Å². The van der Waals surface area contributed by atoms with Crippen molar-refractivity contribution in [2.45, 2.75) is 32.7 Å². The minimum absolute atomic E-state index is 0.149. The van der Waals surface area contributed by atoms with Crippen molar-refractivity contribution in [2.75, 3.05) is 7.11 Å². The Labute approximate surface area is 107 Å². The molecule has 0 bridgehead atoms. The predicted octanol–water partition coefficient (Wildman–Crippen LogP) is 2.07. The number of methoxy groups -OCH3 is 1. The number of rotatable bonds is 5. The van der Waals surface area contributed by atoms with Crippen LogP contribution in [0.1, 0.15) is 35.7 Å². The molecule has 1 aromatic rings. The number of carbonyl (C=O) groups is 2. The summed E-state index contributed by atoms with van der Waals surface area (Å²) in [6.07, 6.45) is 0.886. The minimum atomic E-state index is -0.313. The van der Waals surface area contributed by atoms with Gasteiger partial charge in [0.15, 0.2) is 0 Å². The van der Waals surface area contributed by atoms with Crippen molar-refractivity contribution in [3.63, 3.8) is 0 Å². The van der Waals surface area contributed by atoms with Crippen LogP contribution in [0, 0.1) is 6.92 Å². The van der Waals surface area contributed by atoms with Gasteiger partial charge in [-0.15, -0.1) is 0 Å². The number of esters is 1. The predicted molar refractivity (Wildman–Crippen MR) is 69.4 cm³/mol. The van der Waals surface area contributed by atoms with E-state index in [9.17, 15) is 9.59 Å². The summed E-state index contributed by atoms with van der Waals surface area (Å²) >= 11 is 0. The second kappa shape index (κ2) is 6.79. The largest absolute Gasteiger partial charge is 0.469 e. The Morgan fingerprint density at radius 3 is 2.56 bits per heavy atom.